The predicted octanol–water partition coefficient (Wildman–Crippen LogP) is 2.98. The quantitative estimate of drug-likeness (QED) is 0.758. The first-order chi connectivity index (χ1) is 12.1. The van der Waals surface area contributed by atoms with Crippen molar-refractivity contribution >= 4 is 17.2 Å². The fraction of sp³-hybridized carbons (Fsp3) is 0.176. The molecule has 2 heterocycles. The normalized spacial score (nSPS) is 10.5. The highest BCUT2D eigenvalue weighted by atomic mass is 16.6. The third-order valence-electron chi connectivity index (χ3n) is 3.54. The van der Waals surface area contributed by atoms with Crippen LogP contribution in [0.1, 0.15) is 0 Å². The molecular weight excluding hydrogens is 328 g/mol. The van der Waals surface area contributed by atoms with E-state index in [1.807, 2.05) is 0 Å². The van der Waals surface area contributed by atoms with E-state index in [1.165, 1.54) is 33.6 Å². The fourth-order valence-corrected chi connectivity index (χ4v) is 2.47. The van der Waals surface area contributed by atoms with Gasteiger partial charge in [0, 0.05) is 23.9 Å². The number of carbonyl (C=O) groups excluding carboxylic acids is 1. The van der Waals surface area contributed by atoms with Crippen LogP contribution < -0.4 is 24.7 Å². The van der Waals surface area contributed by atoms with Crippen LogP contribution in [0.5, 0.6) is 23.0 Å². The molecule has 0 bridgehead atoms. The third kappa shape index (κ3) is 3.01. The summed E-state index contributed by atoms with van der Waals surface area (Å²) in [5, 5.41) is 0. The molecule has 0 unspecified atom stereocenters. The molecule has 0 spiro atoms. The van der Waals surface area contributed by atoms with Crippen LogP contribution in [-0.2, 0) is 0 Å². The van der Waals surface area contributed by atoms with Gasteiger partial charge in [-0.3, -0.25) is 4.98 Å². The number of hydrogen-bond donors (Lipinski definition) is 1. The Morgan fingerprint density at radius 2 is 1.72 bits per heavy atom. The van der Waals surface area contributed by atoms with E-state index in [0.29, 0.717) is 39.7 Å². The van der Waals surface area contributed by atoms with Gasteiger partial charge in [-0.05, 0) is 12.1 Å². The summed E-state index contributed by atoms with van der Waals surface area (Å²) in [4.78, 5) is 15.2. The molecule has 8 nitrogen and oxygen atoms in total. The Morgan fingerprint density at radius 3 is 2.28 bits per heavy atom. The number of rotatable bonds is 5. The highest BCUT2D eigenvalue weighted by Gasteiger charge is 2.18. The number of pyridine rings is 1. The van der Waals surface area contributed by atoms with E-state index in [9.17, 15) is 4.79 Å². The molecule has 0 saturated carbocycles. The van der Waals surface area contributed by atoms with Crippen LogP contribution in [0.3, 0.4) is 0 Å². The maximum atomic E-state index is 11.0. The summed E-state index contributed by atoms with van der Waals surface area (Å²) in [6.45, 7) is 0. The molecule has 2 N–H and O–H groups in total. The van der Waals surface area contributed by atoms with Gasteiger partial charge in [0.1, 0.15) is 11.3 Å². The van der Waals surface area contributed by atoms with E-state index in [1.54, 1.807) is 18.2 Å². The van der Waals surface area contributed by atoms with Gasteiger partial charge in [0.2, 0.25) is 5.75 Å². The van der Waals surface area contributed by atoms with Gasteiger partial charge in [-0.15, -0.1) is 0 Å². The van der Waals surface area contributed by atoms with Gasteiger partial charge in [-0.1, -0.05) is 0 Å². The molecule has 130 valence electrons. The van der Waals surface area contributed by atoms with Gasteiger partial charge < -0.3 is 29.1 Å². The minimum atomic E-state index is -0.932. The largest absolute Gasteiger partial charge is 0.493 e. The zero-order valence-electron chi connectivity index (χ0n) is 13.9. The minimum absolute atomic E-state index is 0.191. The first-order valence-electron chi connectivity index (χ1n) is 7.23. The van der Waals surface area contributed by atoms with Crippen molar-refractivity contribution in [3.05, 3.63) is 30.5 Å². The molecule has 25 heavy (non-hydrogen) atoms. The Labute approximate surface area is 143 Å². The number of amides is 1. The Kier molecular flexibility index (Phi) is 4.34. The second-order valence-electron chi connectivity index (χ2n) is 4.97. The molecule has 0 aliphatic rings. The third-order valence-corrected chi connectivity index (χ3v) is 3.54. The standard InChI is InChI=1S/C17H16N2O6/c1-21-13-6-9(7-14(22-2)16(13)23-3)12-8-10-15(24-12)11(4-5-19-10)25-17(18)20/h4-8H,1-3H3,(H2,18,20). The van der Waals surface area contributed by atoms with E-state index >= 15 is 0 Å². The number of carbonyl (C=O) groups is 1. The summed E-state index contributed by atoms with van der Waals surface area (Å²) < 4.78 is 26.7. The van der Waals surface area contributed by atoms with E-state index in [0.717, 1.165) is 0 Å². The summed E-state index contributed by atoms with van der Waals surface area (Å²) >= 11 is 0. The summed E-state index contributed by atoms with van der Waals surface area (Å²) in [6.07, 6.45) is 0.563. The van der Waals surface area contributed by atoms with Gasteiger partial charge in [0.05, 0.1) is 21.3 Å². The van der Waals surface area contributed by atoms with Crippen molar-refractivity contribution in [2.24, 2.45) is 5.73 Å². The number of nitrogens with two attached hydrogens (primary N) is 1. The summed E-state index contributed by atoms with van der Waals surface area (Å²) in [5.74, 6) is 2.12. The van der Waals surface area contributed by atoms with Gasteiger partial charge in [0.25, 0.3) is 0 Å². The van der Waals surface area contributed by atoms with Gasteiger partial charge in [0.15, 0.2) is 22.8 Å². The molecule has 0 fully saturated rings. The van der Waals surface area contributed by atoms with Crippen molar-refractivity contribution in [2.75, 3.05) is 21.3 Å². The SMILES string of the molecule is COc1cc(-c2cc3nccc(OC(N)=O)c3o2)cc(OC)c1OC. The van der Waals surface area contributed by atoms with Gasteiger partial charge in [-0.25, -0.2) is 4.79 Å². The van der Waals surface area contributed by atoms with Crippen LogP contribution in [0.15, 0.2) is 34.9 Å². The minimum Gasteiger partial charge on any atom is -0.493 e. The molecule has 8 heteroatoms. The molecular formula is C17H16N2O6. The number of nitrogens with zero attached hydrogens (tertiary/aromatic N) is 1. The number of primary amides is 1. The van der Waals surface area contributed by atoms with Crippen LogP contribution in [-0.4, -0.2) is 32.4 Å². The first-order valence-corrected chi connectivity index (χ1v) is 7.23. The molecule has 0 aliphatic carbocycles. The van der Waals surface area contributed by atoms with Crippen molar-refractivity contribution in [3.8, 4) is 34.3 Å². The van der Waals surface area contributed by atoms with Crippen LogP contribution >= 0.6 is 0 Å². The Hall–Kier alpha value is -3.42. The zero-order valence-corrected chi connectivity index (χ0v) is 13.9. The number of fused-ring (bicyclic) bond motifs is 1. The van der Waals surface area contributed by atoms with Crippen LogP contribution in [0.25, 0.3) is 22.4 Å². The molecule has 3 rings (SSSR count). The van der Waals surface area contributed by atoms with E-state index in [-0.39, 0.29) is 5.75 Å². The molecule has 0 atom stereocenters. The average Bonchev–Trinajstić information content (AvgIpc) is 3.05. The highest BCUT2D eigenvalue weighted by Crippen LogP contribution is 2.42. The number of ether oxygens (including phenoxy) is 4. The number of furan rings is 1. The second kappa shape index (κ2) is 6.60. The topological polar surface area (TPSA) is 106 Å². The predicted molar refractivity (Wildman–Crippen MR) is 89.3 cm³/mol. The highest BCUT2D eigenvalue weighted by molar-refractivity contribution is 5.86. The Morgan fingerprint density at radius 1 is 1.04 bits per heavy atom. The zero-order chi connectivity index (χ0) is 18.0. The Balaban J connectivity index is 2.15. The molecule has 1 aromatic carbocycles. The molecule has 0 radical (unpaired) electrons. The van der Waals surface area contributed by atoms with E-state index in [4.69, 9.17) is 29.1 Å². The number of aromatic nitrogens is 1. The van der Waals surface area contributed by atoms with Crippen molar-refractivity contribution < 1.29 is 28.2 Å². The second-order valence-corrected chi connectivity index (χ2v) is 4.97. The molecule has 0 saturated heterocycles. The van der Waals surface area contributed by atoms with Crippen LogP contribution in [0, 0.1) is 0 Å². The lowest BCUT2D eigenvalue weighted by molar-refractivity contribution is 0.211. The van der Waals surface area contributed by atoms with E-state index < -0.39 is 6.09 Å². The van der Waals surface area contributed by atoms with Crippen molar-refractivity contribution in [1.29, 1.82) is 0 Å². The number of benzene rings is 1. The fourth-order valence-electron chi connectivity index (χ4n) is 2.47. The smallest absolute Gasteiger partial charge is 0.410 e. The van der Waals surface area contributed by atoms with Crippen molar-refractivity contribution in [1.82, 2.24) is 4.98 Å². The lowest BCUT2D eigenvalue weighted by atomic mass is 10.1. The summed E-state index contributed by atoms with van der Waals surface area (Å²) in [6, 6.07) is 6.70. The molecule has 1 amide bonds. The Bertz CT molecular complexity index is 909. The molecule has 3 aromatic rings. The lowest BCUT2D eigenvalue weighted by Gasteiger charge is -2.13. The number of hydrogen-bond acceptors (Lipinski definition) is 7. The van der Waals surface area contributed by atoms with Crippen LogP contribution in [0.2, 0.25) is 0 Å². The maximum Gasteiger partial charge on any atom is 0.410 e. The number of methoxy groups -OCH3 is 3. The molecule has 0 aliphatic heterocycles. The average molecular weight is 344 g/mol. The van der Waals surface area contributed by atoms with E-state index in [2.05, 4.69) is 4.98 Å². The van der Waals surface area contributed by atoms with Crippen molar-refractivity contribution in [3.63, 3.8) is 0 Å². The van der Waals surface area contributed by atoms with Gasteiger partial charge >= 0.3 is 6.09 Å². The van der Waals surface area contributed by atoms with Crippen molar-refractivity contribution in [2.45, 2.75) is 0 Å². The first kappa shape index (κ1) is 16.4. The monoisotopic (exact) mass is 344 g/mol. The summed E-state index contributed by atoms with van der Waals surface area (Å²) in [7, 11) is 4.58. The summed E-state index contributed by atoms with van der Waals surface area (Å²) in [5.41, 5.74) is 6.58. The molecule has 2 aromatic heterocycles. The lowest BCUT2D eigenvalue weighted by Crippen LogP contribution is -2.16. The maximum absolute atomic E-state index is 11.0. The van der Waals surface area contributed by atoms with Gasteiger partial charge in [-0.2, -0.15) is 0 Å². The van der Waals surface area contributed by atoms with Crippen LogP contribution in [0.4, 0.5) is 4.79 Å².